The van der Waals surface area contributed by atoms with E-state index in [0.29, 0.717) is 35.5 Å². The summed E-state index contributed by atoms with van der Waals surface area (Å²) >= 11 is 0. The number of hydrogen-bond acceptors (Lipinski definition) is 5. The Kier molecular flexibility index (Phi) is 7.22. The Morgan fingerprint density at radius 3 is 2.53 bits per heavy atom. The van der Waals surface area contributed by atoms with Gasteiger partial charge in [0.05, 0.1) is 23.6 Å². The third kappa shape index (κ3) is 5.63. The second-order valence-electron chi connectivity index (χ2n) is 9.32. The van der Waals surface area contributed by atoms with Crippen molar-refractivity contribution in [1.82, 2.24) is 0 Å². The van der Waals surface area contributed by atoms with Gasteiger partial charge in [0.2, 0.25) is 0 Å². The van der Waals surface area contributed by atoms with Gasteiger partial charge in [-0.3, -0.25) is 9.59 Å². The second-order valence-corrected chi connectivity index (χ2v) is 9.32. The molecule has 3 aromatic carbocycles. The summed E-state index contributed by atoms with van der Waals surface area (Å²) in [6.07, 6.45) is 0.763. The van der Waals surface area contributed by atoms with Crippen LogP contribution in [0, 0.1) is 5.82 Å². The van der Waals surface area contributed by atoms with E-state index in [1.807, 2.05) is 62.4 Å². The number of carbonyl (C=O) groups excluding carboxylic acids is 2. The van der Waals surface area contributed by atoms with Crippen LogP contribution in [0.25, 0.3) is 11.3 Å². The van der Waals surface area contributed by atoms with Crippen molar-refractivity contribution in [2.75, 3.05) is 17.2 Å². The second kappa shape index (κ2) is 10.3. The molecule has 1 aliphatic heterocycles. The van der Waals surface area contributed by atoms with Crippen molar-refractivity contribution in [2.45, 2.75) is 39.2 Å². The van der Waals surface area contributed by atoms with Gasteiger partial charge in [0.25, 0.3) is 5.91 Å². The Morgan fingerprint density at radius 1 is 1.08 bits per heavy atom. The smallest absolute Gasteiger partial charge is 0.306 e. The zero-order valence-corrected chi connectivity index (χ0v) is 20.7. The van der Waals surface area contributed by atoms with Crippen LogP contribution in [-0.4, -0.2) is 18.5 Å². The summed E-state index contributed by atoms with van der Waals surface area (Å²) in [4.78, 5) is 25.0. The topological polar surface area (TPSA) is 93.4 Å². The maximum atomic E-state index is 13.8. The van der Waals surface area contributed by atoms with Crippen molar-refractivity contribution in [3.63, 3.8) is 0 Å². The van der Waals surface area contributed by atoms with E-state index in [9.17, 15) is 14.0 Å². The van der Waals surface area contributed by atoms with E-state index in [0.717, 1.165) is 22.4 Å². The highest BCUT2D eigenvalue weighted by atomic mass is 19.1. The summed E-state index contributed by atoms with van der Waals surface area (Å²) in [6, 6.07) is 19.6. The van der Waals surface area contributed by atoms with Gasteiger partial charge in [-0.05, 0) is 80.3 Å². The Hall–Kier alpha value is -3.97. The number of carbonyl (C=O) groups is 2. The maximum Gasteiger partial charge on any atom is 0.306 e. The van der Waals surface area contributed by atoms with Gasteiger partial charge in [0.15, 0.2) is 0 Å². The molecule has 0 radical (unpaired) electrons. The number of halogens is 1. The van der Waals surface area contributed by atoms with E-state index in [4.69, 9.17) is 10.5 Å². The molecule has 6 nitrogen and oxygen atoms in total. The molecular formula is C29H30FN3O3. The average molecular weight is 488 g/mol. The predicted molar refractivity (Wildman–Crippen MR) is 141 cm³/mol. The number of nitrogens with two attached hydrogens (primary N) is 1. The number of anilines is 2. The van der Waals surface area contributed by atoms with Gasteiger partial charge >= 0.3 is 5.97 Å². The fourth-order valence-corrected chi connectivity index (χ4v) is 4.16. The molecule has 1 aliphatic rings. The first-order chi connectivity index (χ1) is 17.2. The Labute approximate surface area is 210 Å². The zero-order valence-electron chi connectivity index (χ0n) is 20.7. The Bertz CT molecular complexity index is 1320. The molecule has 0 unspecified atom stereocenters. The van der Waals surface area contributed by atoms with Crippen LogP contribution in [0.2, 0.25) is 0 Å². The molecule has 0 bridgehead atoms. The molecule has 0 saturated carbocycles. The fraction of sp³-hybridized carbons (Fsp3) is 0.241. The predicted octanol–water partition coefficient (Wildman–Crippen LogP) is 5.45. The van der Waals surface area contributed by atoms with Crippen LogP contribution in [-0.2, 0) is 26.3 Å². The van der Waals surface area contributed by atoms with Crippen molar-refractivity contribution in [3.8, 4) is 0 Å². The molecule has 4 N–H and O–H groups in total. The van der Waals surface area contributed by atoms with E-state index in [1.165, 1.54) is 12.1 Å². The number of aryl methyl sites for hydroxylation is 1. The van der Waals surface area contributed by atoms with E-state index in [2.05, 4.69) is 10.6 Å². The van der Waals surface area contributed by atoms with Crippen molar-refractivity contribution in [2.24, 2.45) is 5.73 Å². The highest BCUT2D eigenvalue weighted by molar-refractivity contribution is 6.37. The molecule has 0 saturated heterocycles. The summed E-state index contributed by atoms with van der Waals surface area (Å²) < 4.78 is 18.9. The minimum Gasteiger partial charge on any atom is -0.466 e. The number of hydrogen-bond donors (Lipinski definition) is 3. The van der Waals surface area contributed by atoms with Gasteiger partial charge < -0.3 is 21.1 Å². The van der Waals surface area contributed by atoms with Crippen LogP contribution in [0.1, 0.15) is 49.4 Å². The lowest BCUT2D eigenvalue weighted by Crippen LogP contribution is -2.28. The van der Waals surface area contributed by atoms with Gasteiger partial charge in [-0.25, -0.2) is 4.39 Å². The first-order valence-electron chi connectivity index (χ1n) is 11.9. The van der Waals surface area contributed by atoms with E-state index in [1.54, 1.807) is 13.0 Å². The first-order valence-corrected chi connectivity index (χ1v) is 11.9. The van der Waals surface area contributed by atoms with Crippen molar-refractivity contribution in [3.05, 3.63) is 94.8 Å². The number of nitrogens with one attached hydrogen (secondary N) is 2. The Morgan fingerprint density at radius 2 is 1.83 bits per heavy atom. The fourth-order valence-electron chi connectivity index (χ4n) is 4.16. The van der Waals surface area contributed by atoms with Crippen molar-refractivity contribution >= 4 is 34.5 Å². The lowest BCUT2D eigenvalue weighted by Gasteiger charge is -2.20. The molecule has 1 amide bonds. The lowest BCUT2D eigenvalue weighted by atomic mass is 9.95. The molecule has 4 rings (SSSR count). The minimum atomic E-state index is -0.485. The number of benzene rings is 3. The quantitative estimate of drug-likeness (QED) is 0.290. The standard InChI is InChI=1S/C29H30FN3O3/c1-4-36-25(34)15-8-18-6-5-7-19(16-18)27(32-22-12-9-20(10-13-22)29(2,3)31)26-23-14-11-21(30)17-24(23)33-28(26)35/h5-7,9-14,16-17,32H,4,8,15,31H2,1-3H3,(H,33,35)/b27-26-. The van der Waals surface area contributed by atoms with Crippen LogP contribution in [0.5, 0.6) is 0 Å². The van der Waals surface area contributed by atoms with E-state index in [-0.39, 0.29) is 18.3 Å². The Balaban J connectivity index is 1.76. The molecule has 3 aromatic rings. The third-order valence-electron chi connectivity index (χ3n) is 6.01. The highest BCUT2D eigenvalue weighted by Crippen LogP contribution is 2.38. The summed E-state index contributed by atoms with van der Waals surface area (Å²) in [6.45, 7) is 5.99. The summed E-state index contributed by atoms with van der Waals surface area (Å²) in [5.41, 5.74) is 11.2. The van der Waals surface area contributed by atoms with Crippen LogP contribution >= 0.6 is 0 Å². The first kappa shape index (κ1) is 25.1. The van der Waals surface area contributed by atoms with Crippen molar-refractivity contribution < 1.29 is 18.7 Å². The molecule has 0 spiro atoms. The number of rotatable bonds is 8. The summed E-state index contributed by atoms with van der Waals surface area (Å²) in [7, 11) is 0. The van der Waals surface area contributed by atoms with Gasteiger partial charge in [-0.15, -0.1) is 0 Å². The molecular weight excluding hydrogens is 457 g/mol. The zero-order chi connectivity index (χ0) is 25.9. The van der Waals surface area contributed by atoms with Gasteiger partial charge in [-0.1, -0.05) is 30.3 Å². The normalized spacial score (nSPS) is 14.2. The summed E-state index contributed by atoms with van der Waals surface area (Å²) in [5, 5.41) is 6.17. The molecule has 186 valence electrons. The van der Waals surface area contributed by atoms with Crippen LogP contribution in [0.15, 0.2) is 66.7 Å². The minimum absolute atomic E-state index is 0.256. The SMILES string of the molecule is CCOC(=O)CCc1cccc(/C(Nc2ccc(C(C)(C)N)cc2)=C2/C(=O)Nc3cc(F)ccc32)c1. The number of fused-ring (bicyclic) bond motifs is 1. The largest absolute Gasteiger partial charge is 0.466 e. The number of esters is 1. The maximum absolute atomic E-state index is 13.8. The molecule has 1 heterocycles. The summed E-state index contributed by atoms with van der Waals surface area (Å²) in [5.74, 6) is -1.01. The lowest BCUT2D eigenvalue weighted by molar-refractivity contribution is -0.143. The van der Waals surface area contributed by atoms with E-state index < -0.39 is 11.4 Å². The van der Waals surface area contributed by atoms with E-state index >= 15 is 0 Å². The molecule has 36 heavy (non-hydrogen) atoms. The highest BCUT2D eigenvalue weighted by Gasteiger charge is 2.29. The van der Waals surface area contributed by atoms with Crippen LogP contribution < -0.4 is 16.4 Å². The van der Waals surface area contributed by atoms with Gasteiger partial charge in [0, 0.05) is 23.2 Å². The monoisotopic (exact) mass is 487 g/mol. The molecule has 0 aliphatic carbocycles. The van der Waals surface area contributed by atoms with Gasteiger partial charge in [-0.2, -0.15) is 0 Å². The van der Waals surface area contributed by atoms with Crippen LogP contribution in [0.3, 0.4) is 0 Å². The molecule has 0 fully saturated rings. The third-order valence-corrected chi connectivity index (χ3v) is 6.01. The van der Waals surface area contributed by atoms with Crippen molar-refractivity contribution in [1.29, 1.82) is 0 Å². The number of amides is 1. The van der Waals surface area contributed by atoms with Gasteiger partial charge in [0.1, 0.15) is 5.82 Å². The molecule has 0 atom stereocenters. The molecule has 7 heteroatoms. The number of ether oxygens (including phenoxy) is 1. The van der Waals surface area contributed by atoms with Crippen LogP contribution in [0.4, 0.5) is 15.8 Å². The molecule has 0 aromatic heterocycles. The average Bonchev–Trinajstić information content (AvgIpc) is 3.16.